The van der Waals surface area contributed by atoms with Crippen LogP contribution in [-0.2, 0) is 11.3 Å². The van der Waals surface area contributed by atoms with Crippen LogP contribution < -0.4 is 10.5 Å². The van der Waals surface area contributed by atoms with Gasteiger partial charge in [-0.2, -0.15) is 0 Å². The highest BCUT2D eigenvalue weighted by molar-refractivity contribution is 6.30. The van der Waals surface area contributed by atoms with Crippen molar-refractivity contribution in [3.05, 3.63) is 28.8 Å². The molecule has 2 rings (SSSR count). The summed E-state index contributed by atoms with van der Waals surface area (Å²) in [6.07, 6.45) is 1.90. The van der Waals surface area contributed by atoms with Gasteiger partial charge >= 0.3 is 6.09 Å². The number of nitrogens with zero attached hydrogens (tertiary/aromatic N) is 1. The van der Waals surface area contributed by atoms with E-state index in [0.29, 0.717) is 6.61 Å². The summed E-state index contributed by atoms with van der Waals surface area (Å²) >= 11 is 6.03. The average molecular weight is 357 g/mol. The van der Waals surface area contributed by atoms with E-state index in [9.17, 15) is 4.79 Å². The molecule has 1 heterocycles. The monoisotopic (exact) mass is 356 g/mol. The van der Waals surface area contributed by atoms with Crippen molar-refractivity contribution in [1.82, 2.24) is 4.90 Å². The Bertz CT molecular complexity index is 523. The molecular weight excluding hydrogens is 328 g/mol. The van der Waals surface area contributed by atoms with E-state index in [4.69, 9.17) is 22.1 Å². The van der Waals surface area contributed by atoms with Gasteiger partial charge in [0.05, 0.1) is 6.61 Å². The van der Waals surface area contributed by atoms with Crippen LogP contribution in [0, 0.1) is 0 Å². The van der Waals surface area contributed by atoms with E-state index in [1.807, 2.05) is 25.1 Å². The van der Waals surface area contributed by atoms with Crippen LogP contribution in [0.3, 0.4) is 0 Å². The Morgan fingerprint density at radius 3 is 2.38 bits per heavy atom. The van der Waals surface area contributed by atoms with Gasteiger partial charge in [-0.05, 0) is 71.8 Å². The van der Waals surface area contributed by atoms with Crippen LogP contribution in [-0.4, -0.2) is 36.3 Å². The van der Waals surface area contributed by atoms with Crippen LogP contribution in [0.2, 0.25) is 5.02 Å². The van der Waals surface area contributed by atoms with E-state index in [1.54, 1.807) is 20.8 Å². The highest BCUT2D eigenvalue weighted by Crippen LogP contribution is 2.25. The Balaban J connectivity index is 0.000000307. The number of primary amides is 1. The molecule has 1 aliphatic heterocycles. The van der Waals surface area contributed by atoms with Crippen molar-refractivity contribution >= 4 is 17.7 Å². The molecule has 0 spiro atoms. The molecule has 1 saturated heterocycles. The minimum absolute atomic E-state index is 0.453. The summed E-state index contributed by atoms with van der Waals surface area (Å²) in [7, 11) is 0. The van der Waals surface area contributed by atoms with Crippen LogP contribution in [0.25, 0.3) is 0 Å². The zero-order valence-electron chi connectivity index (χ0n) is 15.1. The fourth-order valence-electron chi connectivity index (χ4n) is 2.45. The summed E-state index contributed by atoms with van der Waals surface area (Å²) in [6, 6.07) is 5.88. The number of hydrogen-bond donors (Lipinski definition) is 1. The lowest BCUT2D eigenvalue weighted by Gasteiger charge is -2.17. The Labute approximate surface area is 150 Å². The Morgan fingerprint density at radius 2 is 1.92 bits per heavy atom. The molecule has 2 N–H and O–H groups in total. The third-order valence-electron chi connectivity index (χ3n) is 3.32. The van der Waals surface area contributed by atoms with Gasteiger partial charge in [-0.15, -0.1) is 0 Å². The number of rotatable bonds is 4. The minimum atomic E-state index is -0.725. The minimum Gasteiger partial charge on any atom is -0.494 e. The van der Waals surface area contributed by atoms with Gasteiger partial charge in [0.1, 0.15) is 11.4 Å². The molecule has 5 nitrogen and oxygen atoms in total. The maximum Gasteiger partial charge on any atom is 0.405 e. The number of hydrogen-bond acceptors (Lipinski definition) is 4. The molecule has 1 aromatic carbocycles. The zero-order chi connectivity index (χ0) is 18.2. The topological polar surface area (TPSA) is 64.8 Å². The first-order chi connectivity index (χ1) is 11.2. The fraction of sp³-hybridized carbons (Fsp3) is 0.611. The number of likely N-dealkylation sites (tertiary alicyclic amines) is 1. The van der Waals surface area contributed by atoms with Gasteiger partial charge < -0.3 is 15.2 Å². The van der Waals surface area contributed by atoms with Gasteiger partial charge in [0.2, 0.25) is 0 Å². The highest BCUT2D eigenvalue weighted by Gasteiger charge is 2.14. The number of ether oxygens (including phenoxy) is 2. The predicted octanol–water partition coefficient (Wildman–Crippen LogP) is 4.21. The van der Waals surface area contributed by atoms with Crippen molar-refractivity contribution in [3.63, 3.8) is 0 Å². The molecule has 136 valence electrons. The van der Waals surface area contributed by atoms with Crippen LogP contribution in [0.1, 0.15) is 46.1 Å². The van der Waals surface area contributed by atoms with E-state index in [2.05, 4.69) is 9.64 Å². The van der Waals surface area contributed by atoms with Crippen molar-refractivity contribution in [2.24, 2.45) is 5.73 Å². The van der Waals surface area contributed by atoms with E-state index in [1.165, 1.54) is 31.5 Å². The van der Waals surface area contributed by atoms with Gasteiger partial charge in [0, 0.05) is 17.1 Å². The van der Waals surface area contributed by atoms with E-state index in [0.717, 1.165) is 17.3 Å². The van der Waals surface area contributed by atoms with Gasteiger partial charge in [-0.3, -0.25) is 4.90 Å². The zero-order valence-corrected chi connectivity index (χ0v) is 15.9. The number of carbonyl (C=O) groups is 1. The third kappa shape index (κ3) is 8.41. The summed E-state index contributed by atoms with van der Waals surface area (Å²) < 4.78 is 10.2. The molecule has 1 fully saturated rings. The molecule has 1 amide bonds. The average Bonchev–Trinajstić information content (AvgIpc) is 2.93. The van der Waals surface area contributed by atoms with Crippen molar-refractivity contribution in [2.45, 2.75) is 52.7 Å². The molecule has 1 aliphatic rings. The van der Waals surface area contributed by atoms with Crippen molar-refractivity contribution < 1.29 is 14.3 Å². The Hall–Kier alpha value is -1.46. The normalized spacial score (nSPS) is 14.7. The summed E-state index contributed by atoms with van der Waals surface area (Å²) in [4.78, 5) is 12.5. The highest BCUT2D eigenvalue weighted by atomic mass is 35.5. The first-order valence-corrected chi connectivity index (χ1v) is 8.71. The first kappa shape index (κ1) is 20.6. The lowest BCUT2D eigenvalue weighted by Crippen LogP contribution is -2.27. The standard InChI is InChI=1S/C13H18ClNO.C5H11NO2/c1-2-16-13-6-5-12(14)9-11(13)10-15-7-3-4-8-15;1-5(2,3)8-4(6)7/h5-6,9H,2-4,7-8,10H2,1H3;1-3H3,(H2,6,7). The molecule has 0 aromatic heterocycles. The second-order valence-corrected chi connectivity index (χ2v) is 7.14. The predicted molar refractivity (Wildman–Crippen MR) is 97.6 cm³/mol. The molecule has 0 bridgehead atoms. The maximum absolute atomic E-state index is 10.0. The van der Waals surface area contributed by atoms with Crippen LogP contribution >= 0.6 is 11.6 Å². The second kappa shape index (κ2) is 9.74. The van der Waals surface area contributed by atoms with Gasteiger partial charge in [-0.25, -0.2) is 4.79 Å². The molecule has 6 heteroatoms. The largest absolute Gasteiger partial charge is 0.494 e. The lowest BCUT2D eigenvalue weighted by atomic mass is 10.2. The van der Waals surface area contributed by atoms with Gasteiger partial charge in [0.15, 0.2) is 0 Å². The van der Waals surface area contributed by atoms with E-state index >= 15 is 0 Å². The molecule has 0 unspecified atom stereocenters. The second-order valence-electron chi connectivity index (χ2n) is 6.70. The number of amides is 1. The molecule has 0 atom stereocenters. The molecule has 0 saturated carbocycles. The summed E-state index contributed by atoms with van der Waals surface area (Å²) in [5.41, 5.74) is 5.47. The summed E-state index contributed by atoms with van der Waals surface area (Å²) in [6.45, 7) is 11.3. The summed E-state index contributed by atoms with van der Waals surface area (Å²) in [5.74, 6) is 0.971. The Kier molecular flexibility index (Phi) is 8.36. The number of benzene rings is 1. The molecule has 0 aliphatic carbocycles. The number of nitrogens with two attached hydrogens (primary N) is 1. The first-order valence-electron chi connectivity index (χ1n) is 8.33. The van der Waals surface area contributed by atoms with Crippen LogP contribution in [0.4, 0.5) is 4.79 Å². The molecule has 0 radical (unpaired) electrons. The Morgan fingerprint density at radius 1 is 1.29 bits per heavy atom. The fourth-order valence-corrected chi connectivity index (χ4v) is 2.65. The van der Waals surface area contributed by atoms with E-state index in [-0.39, 0.29) is 0 Å². The molecular formula is C18H29ClN2O3. The molecule has 24 heavy (non-hydrogen) atoms. The van der Waals surface area contributed by atoms with Gasteiger partial charge in [-0.1, -0.05) is 11.6 Å². The smallest absolute Gasteiger partial charge is 0.405 e. The number of carbonyl (C=O) groups excluding carboxylic acids is 1. The van der Waals surface area contributed by atoms with Crippen molar-refractivity contribution in [3.8, 4) is 5.75 Å². The van der Waals surface area contributed by atoms with Crippen LogP contribution in [0.5, 0.6) is 5.75 Å². The summed E-state index contributed by atoms with van der Waals surface area (Å²) in [5, 5.41) is 0.789. The number of halogens is 1. The lowest BCUT2D eigenvalue weighted by molar-refractivity contribution is 0.0600. The molecule has 1 aromatic rings. The quantitative estimate of drug-likeness (QED) is 0.877. The van der Waals surface area contributed by atoms with E-state index < -0.39 is 11.7 Å². The van der Waals surface area contributed by atoms with Crippen LogP contribution in [0.15, 0.2) is 18.2 Å². The van der Waals surface area contributed by atoms with Gasteiger partial charge in [0.25, 0.3) is 0 Å². The van der Waals surface area contributed by atoms with Crippen molar-refractivity contribution in [2.75, 3.05) is 19.7 Å². The SMILES string of the molecule is CC(C)(C)OC(N)=O.CCOc1ccc(Cl)cc1CN1CCCC1. The maximum atomic E-state index is 10.0. The third-order valence-corrected chi connectivity index (χ3v) is 3.56. The van der Waals surface area contributed by atoms with Crippen molar-refractivity contribution in [1.29, 1.82) is 0 Å².